The van der Waals surface area contributed by atoms with E-state index in [0.717, 1.165) is 18.8 Å². The SMILES string of the molecule is Nc1cccc2c1N(CCCCc1ccccc1)CCC2. The summed E-state index contributed by atoms with van der Waals surface area (Å²) in [5.41, 5.74) is 11.3. The van der Waals surface area contributed by atoms with E-state index in [-0.39, 0.29) is 0 Å². The Balaban J connectivity index is 1.55. The molecule has 0 amide bonds. The maximum Gasteiger partial charge on any atom is 0.0632 e. The van der Waals surface area contributed by atoms with E-state index in [2.05, 4.69) is 47.4 Å². The molecular weight excluding hydrogens is 256 g/mol. The molecule has 3 rings (SSSR count). The van der Waals surface area contributed by atoms with Gasteiger partial charge in [0.1, 0.15) is 0 Å². The number of hydrogen-bond acceptors (Lipinski definition) is 2. The fourth-order valence-corrected chi connectivity index (χ4v) is 3.27. The number of nitrogen functional groups attached to an aromatic ring is 1. The summed E-state index contributed by atoms with van der Waals surface area (Å²) in [5.74, 6) is 0. The van der Waals surface area contributed by atoms with Gasteiger partial charge in [-0.1, -0.05) is 42.5 Å². The van der Waals surface area contributed by atoms with E-state index in [1.54, 1.807) is 0 Å². The first-order valence-electron chi connectivity index (χ1n) is 8.01. The van der Waals surface area contributed by atoms with Crippen molar-refractivity contribution in [3.8, 4) is 0 Å². The topological polar surface area (TPSA) is 29.3 Å². The Kier molecular flexibility index (Phi) is 4.44. The van der Waals surface area contributed by atoms with Crippen molar-refractivity contribution in [2.75, 3.05) is 23.7 Å². The van der Waals surface area contributed by atoms with Gasteiger partial charge in [0.15, 0.2) is 0 Å². The molecule has 2 aromatic rings. The molecule has 0 spiro atoms. The third kappa shape index (κ3) is 3.38. The highest BCUT2D eigenvalue weighted by atomic mass is 15.1. The Morgan fingerprint density at radius 2 is 1.81 bits per heavy atom. The van der Waals surface area contributed by atoms with Crippen molar-refractivity contribution in [3.05, 3.63) is 59.7 Å². The van der Waals surface area contributed by atoms with Crippen LogP contribution in [-0.4, -0.2) is 13.1 Å². The minimum absolute atomic E-state index is 0.940. The first-order valence-corrected chi connectivity index (χ1v) is 8.01. The smallest absolute Gasteiger partial charge is 0.0632 e. The highest BCUT2D eigenvalue weighted by Gasteiger charge is 2.18. The maximum absolute atomic E-state index is 6.19. The van der Waals surface area contributed by atoms with Crippen molar-refractivity contribution in [3.63, 3.8) is 0 Å². The largest absolute Gasteiger partial charge is 0.397 e. The average molecular weight is 280 g/mol. The van der Waals surface area contributed by atoms with Crippen molar-refractivity contribution >= 4 is 11.4 Å². The third-order valence-electron chi connectivity index (χ3n) is 4.33. The molecule has 2 heteroatoms. The third-order valence-corrected chi connectivity index (χ3v) is 4.33. The molecule has 0 aromatic heterocycles. The van der Waals surface area contributed by atoms with E-state index in [4.69, 9.17) is 5.73 Å². The number of hydrogen-bond donors (Lipinski definition) is 1. The first kappa shape index (κ1) is 14.0. The quantitative estimate of drug-likeness (QED) is 0.661. The Bertz CT molecular complexity index is 577. The summed E-state index contributed by atoms with van der Waals surface area (Å²) in [6.45, 7) is 2.26. The summed E-state index contributed by atoms with van der Waals surface area (Å²) in [6, 6.07) is 17.1. The second-order valence-corrected chi connectivity index (χ2v) is 5.89. The molecule has 1 aliphatic rings. The molecule has 1 heterocycles. The van der Waals surface area contributed by atoms with Gasteiger partial charge in [-0.25, -0.2) is 0 Å². The number of nitrogens with two attached hydrogens (primary N) is 1. The summed E-state index contributed by atoms with van der Waals surface area (Å²) in [4.78, 5) is 2.49. The van der Waals surface area contributed by atoms with E-state index < -0.39 is 0 Å². The number of rotatable bonds is 5. The summed E-state index contributed by atoms with van der Waals surface area (Å²) in [7, 11) is 0. The van der Waals surface area contributed by atoms with Crippen LogP contribution >= 0.6 is 0 Å². The van der Waals surface area contributed by atoms with Crippen molar-refractivity contribution in [1.82, 2.24) is 0 Å². The van der Waals surface area contributed by atoms with Gasteiger partial charge in [-0.05, 0) is 49.3 Å². The van der Waals surface area contributed by atoms with Crippen LogP contribution in [0.25, 0.3) is 0 Å². The molecule has 0 saturated heterocycles. The van der Waals surface area contributed by atoms with Crippen LogP contribution in [0.2, 0.25) is 0 Å². The number of benzene rings is 2. The molecule has 0 aliphatic carbocycles. The monoisotopic (exact) mass is 280 g/mol. The Morgan fingerprint density at radius 1 is 0.952 bits per heavy atom. The molecule has 0 radical (unpaired) electrons. The van der Waals surface area contributed by atoms with Gasteiger partial charge >= 0.3 is 0 Å². The summed E-state index contributed by atoms with van der Waals surface area (Å²) in [5, 5.41) is 0. The molecule has 110 valence electrons. The fourth-order valence-electron chi connectivity index (χ4n) is 3.27. The first-order chi connectivity index (χ1) is 10.3. The zero-order valence-corrected chi connectivity index (χ0v) is 12.6. The van der Waals surface area contributed by atoms with Crippen molar-refractivity contribution in [1.29, 1.82) is 0 Å². The molecule has 2 nitrogen and oxygen atoms in total. The van der Waals surface area contributed by atoms with Crippen LogP contribution in [0.1, 0.15) is 30.4 Å². The van der Waals surface area contributed by atoms with Gasteiger partial charge < -0.3 is 10.6 Å². The second-order valence-electron chi connectivity index (χ2n) is 5.89. The molecule has 2 N–H and O–H groups in total. The maximum atomic E-state index is 6.19. The Labute approximate surface area is 127 Å². The predicted octanol–water partition coefficient (Wildman–Crippen LogP) is 4.04. The van der Waals surface area contributed by atoms with E-state index >= 15 is 0 Å². The molecule has 21 heavy (non-hydrogen) atoms. The van der Waals surface area contributed by atoms with Crippen LogP contribution in [0.3, 0.4) is 0 Å². The lowest BCUT2D eigenvalue weighted by Crippen LogP contribution is -2.31. The zero-order valence-electron chi connectivity index (χ0n) is 12.6. The normalized spacial score (nSPS) is 14.0. The molecular formula is C19H24N2. The fraction of sp³-hybridized carbons (Fsp3) is 0.368. The minimum atomic E-state index is 0.940. The molecule has 2 aromatic carbocycles. The summed E-state index contributed by atoms with van der Waals surface area (Å²) in [6.07, 6.45) is 6.05. The minimum Gasteiger partial charge on any atom is -0.397 e. The van der Waals surface area contributed by atoms with Gasteiger partial charge in [0.25, 0.3) is 0 Å². The Hall–Kier alpha value is -1.96. The van der Waals surface area contributed by atoms with E-state index in [9.17, 15) is 0 Å². The summed E-state index contributed by atoms with van der Waals surface area (Å²) >= 11 is 0. The van der Waals surface area contributed by atoms with E-state index in [1.165, 1.54) is 48.9 Å². The lowest BCUT2D eigenvalue weighted by Gasteiger charge is -2.32. The van der Waals surface area contributed by atoms with E-state index in [1.807, 2.05) is 6.07 Å². The lowest BCUT2D eigenvalue weighted by molar-refractivity contribution is 0.644. The predicted molar refractivity (Wildman–Crippen MR) is 90.8 cm³/mol. The number of fused-ring (bicyclic) bond motifs is 1. The van der Waals surface area contributed by atoms with Crippen LogP contribution in [0, 0.1) is 0 Å². The van der Waals surface area contributed by atoms with Crippen molar-refractivity contribution < 1.29 is 0 Å². The van der Waals surface area contributed by atoms with Crippen LogP contribution < -0.4 is 10.6 Å². The number of para-hydroxylation sites is 1. The summed E-state index contributed by atoms with van der Waals surface area (Å²) < 4.78 is 0. The standard InChI is InChI=1S/C19H24N2/c20-18-13-6-11-17-12-7-15-21(19(17)18)14-5-4-10-16-8-2-1-3-9-16/h1-3,6,8-9,11,13H,4-5,7,10,12,14-15,20H2. The van der Waals surface area contributed by atoms with Gasteiger partial charge in [-0.2, -0.15) is 0 Å². The highest BCUT2D eigenvalue weighted by Crippen LogP contribution is 2.32. The van der Waals surface area contributed by atoms with Gasteiger partial charge in [0.2, 0.25) is 0 Å². The molecule has 1 aliphatic heterocycles. The molecule has 0 fully saturated rings. The van der Waals surface area contributed by atoms with Crippen LogP contribution in [0.15, 0.2) is 48.5 Å². The second kappa shape index (κ2) is 6.66. The molecule has 0 saturated carbocycles. The molecule has 0 bridgehead atoms. The van der Waals surface area contributed by atoms with E-state index in [0.29, 0.717) is 0 Å². The number of nitrogens with zero attached hydrogens (tertiary/aromatic N) is 1. The van der Waals surface area contributed by atoms with Gasteiger partial charge in [-0.3, -0.25) is 0 Å². The number of unbranched alkanes of at least 4 members (excludes halogenated alkanes) is 1. The van der Waals surface area contributed by atoms with Crippen molar-refractivity contribution in [2.24, 2.45) is 0 Å². The van der Waals surface area contributed by atoms with Gasteiger partial charge in [0.05, 0.1) is 11.4 Å². The van der Waals surface area contributed by atoms with Crippen LogP contribution in [-0.2, 0) is 12.8 Å². The van der Waals surface area contributed by atoms with Crippen LogP contribution in [0.4, 0.5) is 11.4 Å². The van der Waals surface area contributed by atoms with Crippen molar-refractivity contribution in [2.45, 2.75) is 32.1 Å². The highest BCUT2D eigenvalue weighted by molar-refractivity contribution is 5.72. The lowest BCUT2D eigenvalue weighted by atomic mass is 10.00. The van der Waals surface area contributed by atoms with Gasteiger partial charge in [-0.15, -0.1) is 0 Å². The van der Waals surface area contributed by atoms with Crippen LogP contribution in [0.5, 0.6) is 0 Å². The number of anilines is 2. The molecule has 0 atom stereocenters. The number of aryl methyl sites for hydroxylation is 2. The van der Waals surface area contributed by atoms with Gasteiger partial charge in [0, 0.05) is 13.1 Å². The zero-order chi connectivity index (χ0) is 14.5. The average Bonchev–Trinajstić information content (AvgIpc) is 2.53. The molecule has 0 unspecified atom stereocenters. The Morgan fingerprint density at radius 3 is 2.67 bits per heavy atom.